The zero-order chi connectivity index (χ0) is 13.5. The summed E-state index contributed by atoms with van der Waals surface area (Å²) in [6.45, 7) is 4.49. The smallest absolute Gasteiger partial charge is 0.340 e. The minimum atomic E-state index is -0.629. The lowest BCUT2D eigenvalue weighted by Gasteiger charge is -2.12. The molecule has 0 aliphatic carbocycles. The van der Waals surface area contributed by atoms with Gasteiger partial charge in [0.1, 0.15) is 11.6 Å². The quantitative estimate of drug-likeness (QED) is 0.627. The molecule has 2 N–H and O–H groups in total. The number of carbonyl (C=O) groups excluding carboxylic acids is 1. The van der Waals surface area contributed by atoms with Gasteiger partial charge in [-0.3, -0.25) is 0 Å². The zero-order valence-corrected chi connectivity index (χ0v) is 10.7. The predicted molar refractivity (Wildman–Crippen MR) is 67.2 cm³/mol. The van der Waals surface area contributed by atoms with E-state index in [1.165, 1.54) is 6.07 Å². The maximum Gasteiger partial charge on any atom is 0.340 e. The van der Waals surface area contributed by atoms with E-state index in [1.807, 2.05) is 13.8 Å². The number of halogens is 1. The fourth-order valence-electron chi connectivity index (χ4n) is 1.37. The normalized spacial score (nSPS) is 10.2. The van der Waals surface area contributed by atoms with E-state index in [4.69, 9.17) is 15.2 Å². The third kappa shape index (κ3) is 3.61. The van der Waals surface area contributed by atoms with E-state index >= 15 is 0 Å². The highest BCUT2D eigenvalue weighted by atomic mass is 19.1. The van der Waals surface area contributed by atoms with Crippen LogP contribution in [0.4, 0.5) is 10.1 Å². The first-order valence-electron chi connectivity index (χ1n) is 5.99. The summed E-state index contributed by atoms with van der Waals surface area (Å²) in [6, 6.07) is 2.23. The van der Waals surface area contributed by atoms with Crippen molar-refractivity contribution in [3.63, 3.8) is 0 Å². The van der Waals surface area contributed by atoms with Gasteiger partial charge in [-0.1, -0.05) is 13.8 Å². The van der Waals surface area contributed by atoms with Gasteiger partial charge in [0.2, 0.25) is 0 Å². The Hall–Kier alpha value is -1.78. The van der Waals surface area contributed by atoms with Gasteiger partial charge >= 0.3 is 5.97 Å². The van der Waals surface area contributed by atoms with E-state index in [1.54, 1.807) is 0 Å². The molecule has 0 saturated carbocycles. The lowest BCUT2D eigenvalue weighted by molar-refractivity contribution is 0.0505. The van der Waals surface area contributed by atoms with Crippen molar-refractivity contribution in [2.45, 2.75) is 26.7 Å². The molecule has 0 bridgehead atoms. The van der Waals surface area contributed by atoms with Crippen LogP contribution in [0.1, 0.15) is 37.0 Å². The van der Waals surface area contributed by atoms with E-state index in [0.717, 1.165) is 12.5 Å². The second kappa shape index (κ2) is 6.83. The van der Waals surface area contributed by atoms with Crippen molar-refractivity contribution < 1.29 is 18.7 Å². The molecule has 1 aromatic carbocycles. The number of esters is 1. The van der Waals surface area contributed by atoms with Gasteiger partial charge in [-0.25, -0.2) is 9.18 Å². The molecule has 0 heterocycles. The van der Waals surface area contributed by atoms with Crippen LogP contribution in [0.2, 0.25) is 0 Å². The number of nitrogen functional groups attached to an aromatic ring is 1. The number of nitrogens with two attached hydrogens (primary N) is 1. The maximum atomic E-state index is 13.4. The van der Waals surface area contributed by atoms with Crippen LogP contribution < -0.4 is 10.5 Å². The highest BCUT2D eigenvalue weighted by Crippen LogP contribution is 2.27. The molecule has 0 amide bonds. The molecule has 0 aromatic heterocycles. The molecule has 100 valence electrons. The molecular weight excluding hydrogens is 237 g/mol. The Kier molecular flexibility index (Phi) is 5.42. The highest BCUT2D eigenvalue weighted by molar-refractivity contribution is 5.96. The first-order valence-corrected chi connectivity index (χ1v) is 5.99. The Morgan fingerprint density at radius 3 is 2.56 bits per heavy atom. The summed E-state index contributed by atoms with van der Waals surface area (Å²) in [7, 11) is 0. The first-order chi connectivity index (χ1) is 8.60. The molecule has 0 atom stereocenters. The number of benzene rings is 1. The lowest BCUT2D eigenvalue weighted by atomic mass is 10.1. The largest absolute Gasteiger partial charge is 0.491 e. The Balaban J connectivity index is 2.96. The third-order valence-electron chi connectivity index (χ3n) is 2.23. The average molecular weight is 255 g/mol. The second-order valence-electron chi connectivity index (χ2n) is 3.85. The van der Waals surface area contributed by atoms with Crippen molar-refractivity contribution >= 4 is 11.7 Å². The minimum Gasteiger partial charge on any atom is -0.491 e. The van der Waals surface area contributed by atoms with Crippen molar-refractivity contribution in [3.05, 3.63) is 23.5 Å². The lowest BCUT2D eigenvalue weighted by Crippen LogP contribution is -2.11. The molecular formula is C13H18FNO3. The Morgan fingerprint density at radius 1 is 1.28 bits per heavy atom. The van der Waals surface area contributed by atoms with Gasteiger partial charge in [0.25, 0.3) is 0 Å². The van der Waals surface area contributed by atoms with Crippen LogP contribution in [0.25, 0.3) is 0 Å². The molecule has 4 nitrogen and oxygen atoms in total. The molecule has 0 unspecified atom stereocenters. The van der Waals surface area contributed by atoms with Gasteiger partial charge in [0.15, 0.2) is 0 Å². The molecule has 18 heavy (non-hydrogen) atoms. The minimum absolute atomic E-state index is 0.00885. The Bertz CT molecular complexity index is 421. The molecule has 1 aromatic rings. The van der Waals surface area contributed by atoms with Gasteiger partial charge in [-0.05, 0) is 18.9 Å². The van der Waals surface area contributed by atoms with Crippen LogP contribution in [0.3, 0.4) is 0 Å². The maximum absolute atomic E-state index is 13.4. The summed E-state index contributed by atoms with van der Waals surface area (Å²) in [5.74, 6) is -1.02. The van der Waals surface area contributed by atoms with Crippen molar-refractivity contribution in [2.24, 2.45) is 0 Å². The standard InChI is InChI=1S/C13H18FNO3/c1-3-5-17-11-8-9(14)7-10(12(11)15)13(16)18-6-4-2/h7-8H,3-6,15H2,1-2H3. The summed E-state index contributed by atoms with van der Waals surface area (Å²) in [6.07, 6.45) is 1.46. The van der Waals surface area contributed by atoms with Crippen LogP contribution in [0.5, 0.6) is 5.75 Å². The second-order valence-corrected chi connectivity index (χ2v) is 3.85. The molecule has 5 heteroatoms. The van der Waals surface area contributed by atoms with Crippen LogP contribution in [0, 0.1) is 5.82 Å². The van der Waals surface area contributed by atoms with Crippen LogP contribution in [-0.2, 0) is 4.74 Å². The van der Waals surface area contributed by atoms with Crippen molar-refractivity contribution in [3.8, 4) is 5.75 Å². The van der Waals surface area contributed by atoms with Gasteiger partial charge < -0.3 is 15.2 Å². The van der Waals surface area contributed by atoms with Crippen molar-refractivity contribution in [1.29, 1.82) is 0 Å². The highest BCUT2D eigenvalue weighted by Gasteiger charge is 2.17. The van der Waals surface area contributed by atoms with Crippen molar-refractivity contribution in [1.82, 2.24) is 0 Å². The van der Waals surface area contributed by atoms with Crippen molar-refractivity contribution in [2.75, 3.05) is 18.9 Å². The first kappa shape index (κ1) is 14.3. The van der Waals surface area contributed by atoms with E-state index in [-0.39, 0.29) is 23.6 Å². The number of rotatable bonds is 6. The molecule has 0 saturated heterocycles. The van der Waals surface area contributed by atoms with E-state index in [9.17, 15) is 9.18 Å². The number of hydrogen-bond donors (Lipinski definition) is 1. The predicted octanol–water partition coefficient (Wildman–Crippen LogP) is 2.76. The fraction of sp³-hybridized carbons (Fsp3) is 0.462. The van der Waals surface area contributed by atoms with Crippen LogP contribution >= 0.6 is 0 Å². The van der Waals surface area contributed by atoms with Gasteiger partial charge in [0, 0.05) is 6.07 Å². The zero-order valence-electron chi connectivity index (χ0n) is 10.7. The number of hydrogen-bond acceptors (Lipinski definition) is 4. The summed E-state index contributed by atoms with van der Waals surface area (Å²) < 4.78 is 23.6. The topological polar surface area (TPSA) is 61.5 Å². The molecule has 0 radical (unpaired) electrons. The summed E-state index contributed by atoms with van der Waals surface area (Å²) >= 11 is 0. The van der Waals surface area contributed by atoms with Gasteiger partial charge in [0.05, 0.1) is 24.5 Å². The third-order valence-corrected chi connectivity index (χ3v) is 2.23. The molecule has 0 aliphatic rings. The SMILES string of the molecule is CCCOC(=O)c1cc(F)cc(OCCC)c1N. The molecule has 0 aliphatic heterocycles. The number of anilines is 1. The number of carbonyl (C=O) groups is 1. The monoisotopic (exact) mass is 255 g/mol. The molecule has 0 spiro atoms. The Morgan fingerprint density at radius 2 is 1.94 bits per heavy atom. The summed E-state index contributed by atoms with van der Waals surface area (Å²) in [5, 5.41) is 0. The van der Waals surface area contributed by atoms with Gasteiger partial charge in [-0.15, -0.1) is 0 Å². The average Bonchev–Trinajstić information content (AvgIpc) is 2.36. The Labute approximate surface area is 106 Å². The number of ether oxygens (including phenoxy) is 2. The van der Waals surface area contributed by atoms with Crippen LogP contribution in [-0.4, -0.2) is 19.2 Å². The summed E-state index contributed by atoms with van der Waals surface area (Å²) in [5.41, 5.74) is 5.90. The van der Waals surface area contributed by atoms with E-state index < -0.39 is 11.8 Å². The molecule has 0 fully saturated rings. The van der Waals surface area contributed by atoms with E-state index in [2.05, 4.69) is 0 Å². The van der Waals surface area contributed by atoms with E-state index in [0.29, 0.717) is 13.0 Å². The van der Waals surface area contributed by atoms with Gasteiger partial charge in [-0.2, -0.15) is 0 Å². The fourth-order valence-corrected chi connectivity index (χ4v) is 1.37. The summed E-state index contributed by atoms with van der Waals surface area (Å²) in [4.78, 5) is 11.7. The molecule has 1 rings (SSSR count). The van der Waals surface area contributed by atoms with Crippen LogP contribution in [0.15, 0.2) is 12.1 Å².